The molecule has 4 heteroatoms. The Kier molecular flexibility index (Phi) is 4.21. The largest absolute Gasteiger partial charge is 0.382 e. The van der Waals surface area contributed by atoms with Crippen LogP contribution in [0.4, 0.5) is 10.5 Å². The minimum atomic E-state index is -0.307. The van der Waals surface area contributed by atoms with Crippen molar-refractivity contribution in [2.24, 2.45) is 5.73 Å². The minimum absolute atomic E-state index is 0.186. The molecule has 2 amide bonds. The van der Waals surface area contributed by atoms with Crippen LogP contribution in [-0.2, 0) is 5.41 Å². The Labute approximate surface area is 121 Å². The van der Waals surface area contributed by atoms with Crippen LogP contribution in [0, 0.1) is 0 Å². The van der Waals surface area contributed by atoms with E-state index in [0.717, 1.165) is 31.6 Å². The number of benzene rings is 1. The Morgan fingerprint density at radius 2 is 1.75 bits per heavy atom. The summed E-state index contributed by atoms with van der Waals surface area (Å²) in [6, 6.07) is 8.76. The number of carbonyl (C=O) groups excluding carboxylic acids is 1. The van der Waals surface area contributed by atoms with Gasteiger partial charge in [-0.25, -0.2) is 4.79 Å². The molecule has 0 bridgehead atoms. The van der Waals surface area contributed by atoms with Crippen molar-refractivity contribution < 1.29 is 4.79 Å². The van der Waals surface area contributed by atoms with Crippen LogP contribution < -0.4 is 11.1 Å². The molecule has 1 aromatic rings. The highest BCUT2D eigenvalue weighted by Gasteiger charge is 2.21. The average molecular weight is 275 g/mol. The third kappa shape index (κ3) is 3.65. The zero-order chi connectivity index (χ0) is 14.8. The molecule has 0 radical (unpaired) electrons. The van der Waals surface area contributed by atoms with Gasteiger partial charge >= 0.3 is 6.03 Å². The molecule has 20 heavy (non-hydrogen) atoms. The highest BCUT2D eigenvalue weighted by molar-refractivity contribution is 5.72. The molecule has 0 unspecified atom stereocenters. The molecule has 0 atom stereocenters. The summed E-state index contributed by atoms with van der Waals surface area (Å²) in [5.74, 6) is 0. The average Bonchev–Trinajstić information content (AvgIpc) is 2.39. The van der Waals surface area contributed by atoms with E-state index in [4.69, 9.17) is 5.73 Å². The standard InChI is InChI=1S/C16H25N3O/c1-16(2,3)12-4-6-13(7-5-12)18-14-8-10-19(11-9-14)15(17)20/h4-7,14,18H,8-11H2,1-3H3,(H2,17,20). The van der Waals surface area contributed by atoms with Crippen LogP contribution in [0.3, 0.4) is 0 Å². The molecule has 1 heterocycles. The van der Waals surface area contributed by atoms with E-state index in [0.29, 0.717) is 6.04 Å². The molecule has 0 spiro atoms. The zero-order valence-electron chi connectivity index (χ0n) is 12.6. The minimum Gasteiger partial charge on any atom is -0.382 e. The van der Waals surface area contributed by atoms with Crippen molar-refractivity contribution >= 4 is 11.7 Å². The first-order valence-corrected chi connectivity index (χ1v) is 7.28. The van der Waals surface area contributed by atoms with Gasteiger partial charge < -0.3 is 16.0 Å². The number of urea groups is 1. The van der Waals surface area contributed by atoms with Gasteiger partial charge in [-0.05, 0) is 36.0 Å². The normalized spacial score (nSPS) is 17.1. The lowest BCUT2D eigenvalue weighted by atomic mass is 9.87. The van der Waals surface area contributed by atoms with E-state index in [9.17, 15) is 4.79 Å². The Hall–Kier alpha value is -1.71. The topological polar surface area (TPSA) is 58.4 Å². The number of hydrogen-bond acceptors (Lipinski definition) is 2. The van der Waals surface area contributed by atoms with Crippen LogP contribution in [0.15, 0.2) is 24.3 Å². The number of likely N-dealkylation sites (tertiary alicyclic amines) is 1. The number of rotatable bonds is 2. The second kappa shape index (κ2) is 5.73. The first-order valence-electron chi connectivity index (χ1n) is 7.28. The van der Waals surface area contributed by atoms with Crippen molar-refractivity contribution in [2.45, 2.75) is 45.1 Å². The fourth-order valence-corrected chi connectivity index (χ4v) is 2.55. The molecule has 0 aliphatic carbocycles. The fraction of sp³-hybridized carbons (Fsp3) is 0.562. The quantitative estimate of drug-likeness (QED) is 0.872. The Morgan fingerprint density at radius 1 is 1.20 bits per heavy atom. The second-order valence-corrected chi connectivity index (χ2v) is 6.57. The highest BCUT2D eigenvalue weighted by atomic mass is 16.2. The van der Waals surface area contributed by atoms with Crippen LogP contribution in [0.1, 0.15) is 39.2 Å². The summed E-state index contributed by atoms with van der Waals surface area (Å²) in [6.45, 7) is 8.14. The molecule has 1 aliphatic rings. The summed E-state index contributed by atoms with van der Waals surface area (Å²) in [6.07, 6.45) is 1.90. The van der Waals surface area contributed by atoms with Crippen LogP contribution in [0.2, 0.25) is 0 Å². The number of amides is 2. The van der Waals surface area contributed by atoms with Crippen LogP contribution in [0.25, 0.3) is 0 Å². The zero-order valence-corrected chi connectivity index (χ0v) is 12.6. The number of primary amides is 1. The molecule has 4 nitrogen and oxygen atoms in total. The molecule has 1 aliphatic heterocycles. The van der Waals surface area contributed by atoms with Gasteiger partial charge in [-0.2, -0.15) is 0 Å². The molecule has 2 rings (SSSR count). The number of nitrogens with one attached hydrogen (secondary N) is 1. The van der Waals surface area contributed by atoms with E-state index >= 15 is 0 Å². The maximum Gasteiger partial charge on any atom is 0.314 e. The molecule has 1 aromatic carbocycles. The van der Waals surface area contributed by atoms with Gasteiger partial charge in [0.25, 0.3) is 0 Å². The van der Waals surface area contributed by atoms with Crippen molar-refractivity contribution in [3.05, 3.63) is 29.8 Å². The van der Waals surface area contributed by atoms with Gasteiger partial charge in [-0.15, -0.1) is 0 Å². The van der Waals surface area contributed by atoms with Gasteiger partial charge in [-0.3, -0.25) is 0 Å². The van der Waals surface area contributed by atoms with Gasteiger partial charge in [0.2, 0.25) is 0 Å². The summed E-state index contributed by atoms with van der Waals surface area (Å²) in [7, 11) is 0. The monoisotopic (exact) mass is 275 g/mol. The third-order valence-corrected chi connectivity index (χ3v) is 3.93. The van der Waals surface area contributed by atoms with E-state index in [1.54, 1.807) is 4.90 Å². The predicted molar refractivity (Wildman–Crippen MR) is 82.9 cm³/mol. The van der Waals surface area contributed by atoms with E-state index < -0.39 is 0 Å². The first-order chi connectivity index (χ1) is 9.36. The SMILES string of the molecule is CC(C)(C)c1ccc(NC2CCN(C(N)=O)CC2)cc1. The summed E-state index contributed by atoms with van der Waals surface area (Å²) >= 11 is 0. The second-order valence-electron chi connectivity index (χ2n) is 6.57. The molecule has 1 saturated heterocycles. The lowest BCUT2D eigenvalue weighted by Crippen LogP contribution is -2.44. The van der Waals surface area contributed by atoms with E-state index in [1.165, 1.54) is 5.56 Å². The molecular formula is C16H25N3O. The molecule has 0 aromatic heterocycles. The number of anilines is 1. The summed E-state index contributed by atoms with van der Waals surface area (Å²) in [5, 5.41) is 3.54. The van der Waals surface area contributed by atoms with Gasteiger partial charge in [0.1, 0.15) is 0 Å². The summed E-state index contributed by atoms with van der Waals surface area (Å²) in [5.41, 5.74) is 7.96. The first kappa shape index (κ1) is 14.7. The molecular weight excluding hydrogens is 250 g/mol. The van der Waals surface area contributed by atoms with Crippen LogP contribution in [-0.4, -0.2) is 30.1 Å². The molecule has 110 valence electrons. The van der Waals surface area contributed by atoms with E-state index in [2.05, 4.69) is 50.4 Å². The van der Waals surface area contributed by atoms with Gasteiger partial charge in [0.05, 0.1) is 0 Å². The van der Waals surface area contributed by atoms with Gasteiger partial charge in [0, 0.05) is 24.8 Å². The van der Waals surface area contributed by atoms with Crippen molar-refractivity contribution in [3.63, 3.8) is 0 Å². The Morgan fingerprint density at radius 3 is 2.20 bits per heavy atom. The van der Waals surface area contributed by atoms with Crippen molar-refractivity contribution in [2.75, 3.05) is 18.4 Å². The molecule has 1 fully saturated rings. The number of nitrogens with zero attached hydrogens (tertiary/aromatic N) is 1. The lowest BCUT2D eigenvalue weighted by Gasteiger charge is -2.31. The maximum atomic E-state index is 11.1. The number of piperidine rings is 1. The number of hydrogen-bond donors (Lipinski definition) is 2. The number of carbonyl (C=O) groups is 1. The van der Waals surface area contributed by atoms with Crippen molar-refractivity contribution in [1.82, 2.24) is 4.90 Å². The summed E-state index contributed by atoms with van der Waals surface area (Å²) in [4.78, 5) is 12.8. The van der Waals surface area contributed by atoms with Crippen LogP contribution >= 0.6 is 0 Å². The van der Waals surface area contributed by atoms with Gasteiger partial charge in [-0.1, -0.05) is 32.9 Å². The maximum absolute atomic E-state index is 11.1. The van der Waals surface area contributed by atoms with Crippen LogP contribution in [0.5, 0.6) is 0 Å². The predicted octanol–water partition coefficient (Wildman–Crippen LogP) is 2.94. The Balaban J connectivity index is 1.90. The third-order valence-electron chi connectivity index (χ3n) is 3.93. The highest BCUT2D eigenvalue weighted by Crippen LogP contribution is 2.24. The Bertz CT molecular complexity index is 454. The smallest absolute Gasteiger partial charge is 0.314 e. The van der Waals surface area contributed by atoms with E-state index in [-0.39, 0.29) is 11.4 Å². The van der Waals surface area contributed by atoms with Crippen molar-refractivity contribution in [3.8, 4) is 0 Å². The molecule has 3 N–H and O–H groups in total. The molecule has 0 saturated carbocycles. The van der Waals surface area contributed by atoms with Gasteiger partial charge in [0.15, 0.2) is 0 Å². The van der Waals surface area contributed by atoms with Crippen molar-refractivity contribution in [1.29, 1.82) is 0 Å². The summed E-state index contributed by atoms with van der Waals surface area (Å²) < 4.78 is 0. The lowest BCUT2D eigenvalue weighted by molar-refractivity contribution is 0.193. The number of nitrogens with two attached hydrogens (primary N) is 1. The fourth-order valence-electron chi connectivity index (χ4n) is 2.55. The van der Waals surface area contributed by atoms with E-state index in [1.807, 2.05) is 0 Å².